The molecule has 1 aromatic heterocycles. The number of hydrogen-bond donors (Lipinski definition) is 1. The van der Waals surface area contributed by atoms with Gasteiger partial charge in [0.25, 0.3) is 0 Å². The summed E-state index contributed by atoms with van der Waals surface area (Å²) in [5.41, 5.74) is 0.561. The van der Waals surface area contributed by atoms with Gasteiger partial charge in [-0.1, -0.05) is 5.16 Å². The van der Waals surface area contributed by atoms with Crippen LogP contribution in [0.1, 0.15) is 5.69 Å². The Morgan fingerprint density at radius 3 is 2.92 bits per heavy atom. The SMILES string of the molecule is CS/C=C/C(=O)Nc1nonc1C. The molecule has 1 heterocycles. The van der Waals surface area contributed by atoms with Gasteiger partial charge in [0, 0.05) is 6.08 Å². The van der Waals surface area contributed by atoms with Crippen molar-refractivity contribution in [1.29, 1.82) is 0 Å². The van der Waals surface area contributed by atoms with Crippen molar-refractivity contribution >= 4 is 23.5 Å². The van der Waals surface area contributed by atoms with E-state index in [1.807, 2.05) is 6.26 Å². The van der Waals surface area contributed by atoms with E-state index < -0.39 is 0 Å². The van der Waals surface area contributed by atoms with Crippen LogP contribution in [0.3, 0.4) is 0 Å². The Kier molecular flexibility index (Phi) is 3.51. The number of thioether (sulfide) groups is 1. The maximum absolute atomic E-state index is 11.1. The highest BCUT2D eigenvalue weighted by Gasteiger charge is 2.06. The van der Waals surface area contributed by atoms with Crippen LogP contribution in [0.2, 0.25) is 0 Å². The third kappa shape index (κ3) is 2.90. The van der Waals surface area contributed by atoms with Gasteiger partial charge in [-0.15, -0.1) is 11.8 Å². The molecule has 1 rings (SSSR count). The highest BCUT2D eigenvalue weighted by atomic mass is 32.2. The molecule has 0 saturated heterocycles. The summed E-state index contributed by atoms with van der Waals surface area (Å²) in [6, 6.07) is 0. The summed E-state index contributed by atoms with van der Waals surface area (Å²) in [5.74, 6) is 0.115. The number of hydrogen-bond acceptors (Lipinski definition) is 5. The van der Waals surface area contributed by atoms with Gasteiger partial charge in [0.2, 0.25) is 11.7 Å². The van der Waals surface area contributed by atoms with Crippen molar-refractivity contribution in [1.82, 2.24) is 10.3 Å². The summed E-state index contributed by atoms with van der Waals surface area (Å²) in [5, 5.41) is 11.2. The molecule has 1 aromatic rings. The zero-order chi connectivity index (χ0) is 9.68. The first kappa shape index (κ1) is 9.79. The molecule has 0 spiro atoms. The van der Waals surface area contributed by atoms with Crippen LogP contribution in [0.4, 0.5) is 5.82 Å². The quantitative estimate of drug-likeness (QED) is 0.740. The lowest BCUT2D eigenvalue weighted by Crippen LogP contribution is -2.08. The Hall–Kier alpha value is -1.30. The van der Waals surface area contributed by atoms with Crippen LogP contribution in [0.5, 0.6) is 0 Å². The number of carbonyl (C=O) groups is 1. The minimum atomic E-state index is -0.242. The van der Waals surface area contributed by atoms with Crippen LogP contribution in [0.25, 0.3) is 0 Å². The molecule has 5 nitrogen and oxygen atoms in total. The van der Waals surface area contributed by atoms with E-state index in [1.165, 1.54) is 17.8 Å². The molecular weight excluding hydrogens is 190 g/mol. The van der Waals surface area contributed by atoms with Crippen molar-refractivity contribution in [3.8, 4) is 0 Å². The van der Waals surface area contributed by atoms with Crippen molar-refractivity contribution in [2.24, 2.45) is 0 Å². The van der Waals surface area contributed by atoms with E-state index in [1.54, 1.807) is 12.3 Å². The fraction of sp³-hybridized carbons (Fsp3) is 0.286. The van der Waals surface area contributed by atoms with E-state index in [4.69, 9.17) is 0 Å². The highest BCUT2D eigenvalue weighted by Crippen LogP contribution is 2.06. The van der Waals surface area contributed by atoms with E-state index in [9.17, 15) is 4.79 Å². The molecule has 13 heavy (non-hydrogen) atoms. The molecule has 0 aromatic carbocycles. The van der Waals surface area contributed by atoms with Gasteiger partial charge < -0.3 is 5.32 Å². The van der Waals surface area contributed by atoms with Gasteiger partial charge in [-0.25, -0.2) is 4.63 Å². The molecule has 0 fully saturated rings. The third-order valence-electron chi connectivity index (χ3n) is 1.25. The van der Waals surface area contributed by atoms with Crippen molar-refractivity contribution in [3.63, 3.8) is 0 Å². The summed E-state index contributed by atoms with van der Waals surface area (Å²) in [4.78, 5) is 11.1. The molecular formula is C7H9N3O2S. The Morgan fingerprint density at radius 1 is 1.62 bits per heavy atom. The average molecular weight is 199 g/mol. The number of aromatic nitrogens is 2. The van der Waals surface area contributed by atoms with Crippen molar-refractivity contribution in [2.75, 3.05) is 11.6 Å². The van der Waals surface area contributed by atoms with E-state index in [0.29, 0.717) is 11.5 Å². The van der Waals surface area contributed by atoms with E-state index in [0.717, 1.165) is 0 Å². The number of carbonyl (C=O) groups excluding carboxylic acids is 1. The number of anilines is 1. The average Bonchev–Trinajstić information content (AvgIpc) is 2.48. The van der Waals surface area contributed by atoms with Gasteiger partial charge >= 0.3 is 0 Å². The van der Waals surface area contributed by atoms with Gasteiger partial charge in [0.15, 0.2) is 0 Å². The van der Waals surface area contributed by atoms with Crippen LogP contribution >= 0.6 is 11.8 Å². The fourth-order valence-corrected chi connectivity index (χ4v) is 0.893. The van der Waals surface area contributed by atoms with Crippen molar-refractivity contribution < 1.29 is 9.42 Å². The van der Waals surface area contributed by atoms with Crippen LogP contribution in [-0.2, 0) is 4.79 Å². The summed E-state index contributed by atoms with van der Waals surface area (Å²) in [6.45, 7) is 1.70. The lowest BCUT2D eigenvalue weighted by atomic mass is 10.4. The molecule has 6 heteroatoms. The van der Waals surface area contributed by atoms with Gasteiger partial charge in [-0.3, -0.25) is 4.79 Å². The maximum atomic E-state index is 11.1. The Balaban J connectivity index is 2.55. The van der Waals surface area contributed by atoms with Gasteiger partial charge in [-0.2, -0.15) is 0 Å². The molecule has 1 amide bonds. The highest BCUT2D eigenvalue weighted by molar-refractivity contribution is 8.01. The summed E-state index contributed by atoms with van der Waals surface area (Å²) >= 11 is 1.45. The van der Waals surface area contributed by atoms with Gasteiger partial charge in [0.05, 0.1) is 0 Å². The normalized spacial score (nSPS) is 10.6. The molecule has 0 saturated carbocycles. The molecule has 0 atom stereocenters. The van der Waals surface area contributed by atoms with Gasteiger partial charge in [-0.05, 0) is 23.7 Å². The Morgan fingerprint density at radius 2 is 2.38 bits per heavy atom. The predicted molar refractivity (Wildman–Crippen MR) is 50.3 cm³/mol. The lowest BCUT2D eigenvalue weighted by molar-refractivity contribution is -0.111. The van der Waals surface area contributed by atoms with Crippen molar-refractivity contribution in [3.05, 3.63) is 17.2 Å². The number of amides is 1. The second kappa shape index (κ2) is 4.66. The number of nitrogens with one attached hydrogen (secondary N) is 1. The molecule has 1 N–H and O–H groups in total. The topological polar surface area (TPSA) is 68.0 Å². The molecule has 0 aliphatic heterocycles. The monoisotopic (exact) mass is 199 g/mol. The predicted octanol–water partition coefficient (Wildman–Crippen LogP) is 1.19. The molecule has 0 bridgehead atoms. The van der Waals surface area contributed by atoms with Gasteiger partial charge in [0.1, 0.15) is 5.69 Å². The van der Waals surface area contributed by atoms with Crippen LogP contribution < -0.4 is 5.32 Å². The molecule has 0 radical (unpaired) electrons. The largest absolute Gasteiger partial charge is 0.303 e. The second-order valence-corrected chi connectivity index (χ2v) is 2.97. The zero-order valence-electron chi connectivity index (χ0n) is 7.27. The number of rotatable bonds is 3. The maximum Gasteiger partial charge on any atom is 0.250 e. The minimum Gasteiger partial charge on any atom is -0.303 e. The van der Waals surface area contributed by atoms with E-state index in [-0.39, 0.29) is 5.91 Å². The third-order valence-corrected chi connectivity index (χ3v) is 1.66. The second-order valence-electron chi connectivity index (χ2n) is 2.23. The number of nitrogens with zero attached hydrogens (tertiary/aromatic N) is 2. The minimum absolute atomic E-state index is 0.242. The Bertz CT molecular complexity index is 321. The first-order chi connectivity index (χ1) is 6.24. The summed E-state index contributed by atoms with van der Waals surface area (Å²) in [7, 11) is 0. The van der Waals surface area contributed by atoms with E-state index >= 15 is 0 Å². The fourth-order valence-electron chi connectivity index (χ4n) is 0.633. The molecule has 0 aliphatic rings. The smallest absolute Gasteiger partial charge is 0.250 e. The van der Waals surface area contributed by atoms with Crippen LogP contribution in [-0.4, -0.2) is 22.5 Å². The van der Waals surface area contributed by atoms with Crippen molar-refractivity contribution in [2.45, 2.75) is 6.92 Å². The number of aryl methyl sites for hydroxylation is 1. The zero-order valence-corrected chi connectivity index (χ0v) is 8.09. The summed E-state index contributed by atoms with van der Waals surface area (Å²) in [6.07, 6.45) is 3.28. The van der Waals surface area contributed by atoms with Crippen LogP contribution in [0.15, 0.2) is 16.1 Å². The first-order valence-corrected chi connectivity index (χ1v) is 4.82. The summed E-state index contributed by atoms with van der Waals surface area (Å²) < 4.78 is 4.41. The Labute approximate surface area is 79.5 Å². The standard InChI is InChI=1S/C7H9N3O2S/c1-5-7(10-12-9-5)8-6(11)3-4-13-2/h3-4H,1-2H3,(H,8,10,11)/b4-3+. The van der Waals surface area contributed by atoms with E-state index in [2.05, 4.69) is 20.3 Å². The lowest BCUT2D eigenvalue weighted by Gasteiger charge is -1.94. The molecule has 0 aliphatic carbocycles. The first-order valence-electron chi connectivity index (χ1n) is 3.53. The molecule has 0 unspecified atom stereocenters. The molecule has 70 valence electrons. The van der Waals surface area contributed by atoms with Crippen LogP contribution in [0, 0.1) is 6.92 Å².